The zero-order chi connectivity index (χ0) is 15.8. The zero-order valence-corrected chi connectivity index (χ0v) is 14.6. The first kappa shape index (κ1) is 14.3. The second kappa shape index (κ2) is 5.73. The molecular weight excluding hydrogens is 399 g/mol. The molecule has 0 aliphatic heterocycles. The number of hydrogen-bond acceptors (Lipinski definition) is 3. The van der Waals surface area contributed by atoms with Crippen molar-refractivity contribution in [2.75, 3.05) is 0 Å². The summed E-state index contributed by atoms with van der Waals surface area (Å²) in [4.78, 5) is 16.8. The van der Waals surface area contributed by atoms with E-state index in [2.05, 4.69) is 60.7 Å². The van der Waals surface area contributed by atoms with Gasteiger partial charge in [-0.05, 0) is 59.8 Å². The van der Waals surface area contributed by atoms with Gasteiger partial charge in [0.25, 0.3) is 0 Å². The average Bonchev–Trinajstić information content (AvgIpc) is 3.03. The molecule has 0 unspecified atom stereocenters. The van der Waals surface area contributed by atoms with Crippen LogP contribution in [0.5, 0.6) is 0 Å². The Kier molecular flexibility index (Phi) is 3.57. The number of aromatic nitrogens is 4. The molecule has 4 rings (SSSR count). The van der Waals surface area contributed by atoms with Gasteiger partial charge in [0.1, 0.15) is 0 Å². The van der Waals surface area contributed by atoms with Gasteiger partial charge in [-0.3, -0.25) is 9.97 Å². The SMILES string of the molecule is Cc1cccc(-c2[nH]cnc2-c2ccc3ncc(I)cc3c2)n1. The number of nitrogens with one attached hydrogen (secondary N) is 1. The predicted molar refractivity (Wildman–Crippen MR) is 100 cm³/mol. The highest BCUT2D eigenvalue weighted by atomic mass is 127. The van der Waals surface area contributed by atoms with Crippen molar-refractivity contribution >= 4 is 33.5 Å². The standard InChI is InChI=1S/C18H13IN4/c1-11-3-2-4-16(23-11)18-17(21-10-22-18)12-5-6-15-13(7-12)8-14(19)9-20-15/h2-10H,1H3,(H,21,22). The molecule has 0 fully saturated rings. The molecule has 0 saturated heterocycles. The monoisotopic (exact) mass is 412 g/mol. The fourth-order valence-electron chi connectivity index (χ4n) is 2.64. The van der Waals surface area contributed by atoms with Crippen molar-refractivity contribution in [3.8, 4) is 22.6 Å². The maximum absolute atomic E-state index is 4.59. The molecule has 0 bridgehead atoms. The van der Waals surface area contributed by atoms with Crippen molar-refractivity contribution in [2.45, 2.75) is 6.92 Å². The molecule has 0 spiro atoms. The number of aromatic amines is 1. The number of H-pyrrole nitrogens is 1. The molecule has 5 heteroatoms. The summed E-state index contributed by atoms with van der Waals surface area (Å²) in [6, 6.07) is 14.3. The minimum absolute atomic E-state index is 0.901. The van der Waals surface area contributed by atoms with Crippen LogP contribution in [0.2, 0.25) is 0 Å². The van der Waals surface area contributed by atoms with Crippen LogP contribution in [-0.4, -0.2) is 19.9 Å². The van der Waals surface area contributed by atoms with E-state index in [4.69, 9.17) is 0 Å². The van der Waals surface area contributed by atoms with E-state index in [1.807, 2.05) is 37.4 Å². The molecule has 1 aromatic carbocycles. The van der Waals surface area contributed by atoms with Gasteiger partial charge >= 0.3 is 0 Å². The average molecular weight is 412 g/mol. The number of halogens is 1. The molecule has 4 aromatic rings. The molecule has 0 aliphatic rings. The van der Waals surface area contributed by atoms with Gasteiger partial charge in [0, 0.05) is 26.4 Å². The highest BCUT2D eigenvalue weighted by molar-refractivity contribution is 14.1. The van der Waals surface area contributed by atoms with Crippen LogP contribution in [-0.2, 0) is 0 Å². The van der Waals surface area contributed by atoms with E-state index in [1.54, 1.807) is 6.33 Å². The summed E-state index contributed by atoms with van der Waals surface area (Å²) in [6.45, 7) is 1.99. The van der Waals surface area contributed by atoms with Crippen molar-refractivity contribution in [1.82, 2.24) is 19.9 Å². The van der Waals surface area contributed by atoms with Crippen LogP contribution >= 0.6 is 22.6 Å². The van der Waals surface area contributed by atoms with E-state index in [1.165, 1.54) is 0 Å². The van der Waals surface area contributed by atoms with Gasteiger partial charge in [-0.25, -0.2) is 4.98 Å². The fraction of sp³-hybridized carbons (Fsp3) is 0.0556. The van der Waals surface area contributed by atoms with Crippen LogP contribution in [0.25, 0.3) is 33.5 Å². The van der Waals surface area contributed by atoms with E-state index in [-0.39, 0.29) is 0 Å². The third-order valence-corrected chi connectivity index (χ3v) is 4.30. The van der Waals surface area contributed by atoms with E-state index < -0.39 is 0 Å². The van der Waals surface area contributed by atoms with Crippen LogP contribution in [0.1, 0.15) is 5.69 Å². The Morgan fingerprint density at radius 2 is 1.96 bits per heavy atom. The molecule has 1 N–H and O–H groups in total. The molecule has 3 aromatic heterocycles. The Balaban J connectivity index is 1.87. The second-order valence-corrected chi connectivity index (χ2v) is 6.60. The van der Waals surface area contributed by atoms with Crippen molar-refractivity contribution in [1.29, 1.82) is 0 Å². The Labute approximate surface area is 147 Å². The molecule has 0 saturated carbocycles. The third-order valence-electron chi connectivity index (χ3n) is 3.71. The van der Waals surface area contributed by atoms with E-state index in [0.717, 1.165) is 42.8 Å². The van der Waals surface area contributed by atoms with E-state index >= 15 is 0 Å². The Morgan fingerprint density at radius 3 is 2.83 bits per heavy atom. The summed E-state index contributed by atoms with van der Waals surface area (Å²) in [5, 5.41) is 1.11. The zero-order valence-electron chi connectivity index (χ0n) is 12.4. The normalized spacial score (nSPS) is 11.0. The van der Waals surface area contributed by atoms with Crippen molar-refractivity contribution in [3.05, 3.63) is 64.3 Å². The summed E-state index contributed by atoms with van der Waals surface area (Å²) in [7, 11) is 0. The molecule has 0 aliphatic carbocycles. The highest BCUT2D eigenvalue weighted by Gasteiger charge is 2.12. The number of rotatable bonds is 2. The largest absolute Gasteiger partial charge is 0.343 e. The highest BCUT2D eigenvalue weighted by Crippen LogP contribution is 2.30. The molecule has 4 nitrogen and oxygen atoms in total. The molecule has 23 heavy (non-hydrogen) atoms. The van der Waals surface area contributed by atoms with Gasteiger partial charge < -0.3 is 4.98 Å². The fourth-order valence-corrected chi connectivity index (χ4v) is 3.12. The third kappa shape index (κ3) is 2.72. The van der Waals surface area contributed by atoms with E-state index in [9.17, 15) is 0 Å². The van der Waals surface area contributed by atoms with Crippen LogP contribution in [0.4, 0.5) is 0 Å². The van der Waals surface area contributed by atoms with Crippen LogP contribution < -0.4 is 0 Å². The lowest BCUT2D eigenvalue weighted by atomic mass is 10.1. The van der Waals surface area contributed by atoms with Crippen molar-refractivity contribution in [2.24, 2.45) is 0 Å². The predicted octanol–water partition coefficient (Wildman–Crippen LogP) is 4.60. The minimum Gasteiger partial charge on any atom is -0.343 e. The lowest BCUT2D eigenvalue weighted by Gasteiger charge is -2.05. The molecule has 3 heterocycles. The quantitative estimate of drug-likeness (QED) is 0.490. The number of imidazole rings is 1. The molecule has 0 radical (unpaired) electrons. The van der Waals surface area contributed by atoms with Gasteiger partial charge in [0.05, 0.1) is 28.9 Å². The second-order valence-electron chi connectivity index (χ2n) is 5.35. The number of benzene rings is 1. The smallest absolute Gasteiger partial charge is 0.0977 e. The first-order valence-electron chi connectivity index (χ1n) is 7.24. The minimum atomic E-state index is 0.901. The lowest BCUT2D eigenvalue weighted by Crippen LogP contribution is -1.90. The van der Waals surface area contributed by atoms with E-state index in [0.29, 0.717) is 0 Å². The Hall–Kier alpha value is -2.28. The number of fused-ring (bicyclic) bond motifs is 1. The first-order chi connectivity index (χ1) is 11.2. The van der Waals surface area contributed by atoms with Crippen molar-refractivity contribution in [3.63, 3.8) is 0 Å². The molecule has 0 amide bonds. The maximum atomic E-state index is 4.59. The summed E-state index contributed by atoms with van der Waals surface area (Å²) in [5.74, 6) is 0. The van der Waals surface area contributed by atoms with Crippen LogP contribution in [0.3, 0.4) is 0 Å². The molecular formula is C18H13IN4. The lowest BCUT2D eigenvalue weighted by molar-refractivity contribution is 1.19. The summed E-state index contributed by atoms with van der Waals surface area (Å²) < 4.78 is 1.12. The summed E-state index contributed by atoms with van der Waals surface area (Å²) >= 11 is 2.28. The van der Waals surface area contributed by atoms with Gasteiger partial charge in [-0.15, -0.1) is 0 Å². The van der Waals surface area contributed by atoms with Crippen LogP contribution in [0, 0.1) is 10.5 Å². The maximum Gasteiger partial charge on any atom is 0.0977 e. The molecule has 112 valence electrons. The topological polar surface area (TPSA) is 54.5 Å². The first-order valence-corrected chi connectivity index (χ1v) is 8.32. The van der Waals surface area contributed by atoms with Gasteiger partial charge in [-0.2, -0.15) is 0 Å². The number of hydrogen-bond donors (Lipinski definition) is 1. The van der Waals surface area contributed by atoms with Gasteiger partial charge in [0.15, 0.2) is 0 Å². The van der Waals surface area contributed by atoms with Gasteiger partial charge in [-0.1, -0.05) is 12.1 Å². The Morgan fingerprint density at radius 1 is 1.04 bits per heavy atom. The summed E-state index contributed by atoms with van der Waals surface area (Å²) in [5.41, 5.74) is 5.77. The summed E-state index contributed by atoms with van der Waals surface area (Å²) in [6.07, 6.45) is 3.59. The number of pyridine rings is 2. The number of aryl methyl sites for hydroxylation is 1. The Bertz CT molecular complexity index is 1010. The van der Waals surface area contributed by atoms with Gasteiger partial charge in [0.2, 0.25) is 0 Å². The molecule has 0 atom stereocenters. The van der Waals surface area contributed by atoms with Crippen LogP contribution in [0.15, 0.2) is 55.0 Å². The number of nitrogens with zero attached hydrogens (tertiary/aromatic N) is 3. The van der Waals surface area contributed by atoms with Crippen molar-refractivity contribution < 1.29 is 0 Å².